The molecule has 4 rings (SSSR count). The third-order valence-electron chi connectivity index (χ3n) is 9.05. The van der Waals surface area contributed by atoms with Crippen LogP contribution in [0.1, 0.15) is 73.3 Å². The van der Waals surface area contributed by atoms with Crippen LogP contribution in [-0.2, 0) is 33.3 Å². The van der Waals surface area contributed by atoms with Crippen molar-refractivity contribution in [3.63, 3.8) is 0 Å². The van der Waals surface area contributed by atoms with Crippen LogP contribution in [-0.4, -0.2) is 76.4 Å². The van der Waals surface area contributed by atoms with E-state index in [1.165, 1.54) is 7.05 Å². The lowest BCUT2D eigenvalue weighted by Crippen LogP contribution is -2.51. The summed E-state index contributed by atoms with van der Waals surface area (Å²) in [6.45, 7) is 5.79. The Labute approximate surface area is 270 Å². The van der Waals surface area contributed by atoms with Gasteiger partial charge in [0.1, 0.15) is 0 Å². The number of carbonyl (C=O) groups is 3. The summed E-state index contributed by atoms with van der Waals surface area (Å²) in [5, 5.41) is 10.00. The summed E-state index contributed by atoms with van der Waals surface area (Å²) in [6, 6.07) is 8.71. The van der Waals surface area contributed by atoms with Gasteiger partial charge in [-0.15, -0.1) is 0 Å². The van der Waals surface area contributed by atoms with Crippen molar-refractivity contribution in [1.29, 1.82) is 0 Å². The molecule has 258 valence electrons. The van der Waals surface area contributed by atoms with E-state index in [-0.39, 0.29) is 55.3 Å². The summed E-state index contributed by atoms with van der Waals surface area (Å²) in [5.74, 6) is -2.14. The largest absolute Gasteiger partial charge is 0.416 e. The number of aryl methyl sites for hydroxylation is 1. The first kappa shape index (κ1) is 36.2. The molecule has 2 aliphatic rings. The monoisotopic (exact) mass is 669 g/mol. The number of aliphatic hydroxyl groups is 1. The molecule has 3 amide bonds. The van der Waals surface area contributed by atoms with Crippen LogP contribution in [0.4, 0.5) is 26.3 Å². The summed E-state index contributed by atoms with van der Waals surface area (Å²) in [6.07, 6.45) is -8.84. The zero-order valence-electron chi connectivity index (χ0n) is 26.9. The summed E-state index contributed by atoms with van der Waals surface area (Å²) in [5.41, 5.74) is -2.60. The first-order chi connectivity index (χ1) is 21.7. The van der Waals surface area contributed by atoms with Gasteiger partial charge in [0, 0.05) is 57.5 Å². The van der Waals surface area contributed by atoms with Crippen molar-refractivity contribution in [2.45, 2.75) is 76.9 Å². The molecule has 0 bridgehead atoms. The average molecular weight is 670 g/mol. The average Bonchev–Trinajstić information content (AvgIpc) is 2.98. The number of alkyl halides is 6. The van der Waals surface area contributed by atoms with E-state index in [0.29, 0.717) is 38.1 Å². The molecule has 0 unspecified atom stereocenters. The van der Waals surface area contributed by atoms with Gasteiger partial charge in [-0.1, -0.05) is 24.3 Å². The number of piperidine rings is 2. The maximum atomic E-state index is 13.9. The zero-order chi connectivity index (χ0) is 34.9. The maximum absolute atomic E-state index is 13.9. The van der Waals surface area contributed by atoms with Gasteiger partial charge in [-0.05, 0) is 74.9 Å². The summed E-state index contributed by atoms with van der Waals surface area (Å²) >= 11 is 0. The molecule has 0 aromatic heterocycles. The van der Waals surface area contributed by atoms with Gasteiger partial charge in [0.2, 0.25) is 17.7 Å². The number of likely N-dealkylation sites (tertiary alicyclic amines) is 2. The molecule has 1 N–H and O–H groups in total. The Hall–Kier alpha value is -3.61. The minimum absolute atomic E-state index is 0.0169. The second-order valence-corrected chi connectivity index (χ2v) is 13.4. The SMILES string of the molecule is Cc1ccccc1[C@@H]1CN(C(=O)C2CCN(C(=O)CC(C)(C)O)CC2)CC[C@H]1C(=O)N(C)Cc1cc(C(F)(F)F)cc(C(F)(F)F)c1. The van der Waals surface area contributed by atoms with E-state index in [9.17, 15) is 45.8 Å². The molecule has 2 saturated heterocycles. The molecule has 0 aliphatic carbocycles. The molecule has 0 saturated carbocycles. The molecule has 7 nitrogen and oxygen atoms in total. The lowest BCUT2D eigenvalue weighted by Gasteiger charge is -2.42. The Kier molecular flexibility index (Phi) is 10.7. The summed E-state index contributed by atoms with van der Waals surface area (Å²) < 4.78 is 80.7. The molecule has 0 radical (unpaired) electrons. The second kappa shape index (κ2) is 13.9. The predicted octanol–water partition coefficient (Wildman–Crippen LogP) is 6.02. The molecule has 2 atom stereocenters. The highest BCUT2D eigenvalue weighted by Gasteiger charge is 2.41. The summed E-state index contributed by atoms with van der Waals surface area (Å²) in [4.78, 5) is 44.6. The van der Waals surface area contributed by atoms with Crippen molar-refractivity contribution in [3.05, 3.63) is 70.3 Å². The van der Waals surface area contributed by atoms with E-state index in [2.05, 4.69) is 0 Å². The van der Waals surface area contributed by atoms with Crippen molar-refractivity contribution in [2.24, 2.45) is 11.8 Å². The summed E-state index contributed by atoms with van der Waals surface area (Å²) in [7, 11) is 1.36. The highest BCUT2D eigenvalue weighted by Crippen LogP contribution is 2.39. The maximum Gasteiger partial charge on any atom is 0.416 e. The van der Waals surface area contributed by atoms with Gasteiger partial charge in [0.15, 0.2) is 0 Å². The van der Waals surface area contributed by atoms with Crippen LogP contribution in [0.3, 0.4) is 0 Å². The molecule has 2 aromatic carbocycles. The number of nitrogens with zero attached hydrogens (tertiary/aromatic N) is 3. The van der Waals surface area contributed by atoms with Gasteiger partial charge in [-0.25, -0.2) is 0 Å². The second-order valence-electron chi connectivity index (χ2n) is 13.4. The Morgan fingerprint density at radius 2 is 1.43 bits per heavy atom. The van der Waals surface area contributed by atoms with E-state index in [4.69, 9.17) is 0 Å². The Bertz CT molecular complexity index is 1430. The van der Waals surface area contributed by atoms with Crippen molar-refractivity contribution < 1.29 is 45.8 Å². The first-order valence-corrected chi connectivity index (χ1v) is 15.6. The first-order valence-electron chi connectivity index (χ1n) is 15.6. The minimum Gasteiger partial charge on any atom is -0.390 e. The van der Waals surface area contributed by atoms with Crippen LogP contribution in [0.25, 0.3) is 0 Å². The third kappa shape index (κ3) is 9.05. The van der Waals surface area contributed by atoms with Crippen LogP contribution in [0.5, 0.6) is 0 Å². The molecule has 2 fully saturated rings. The fourth-order valence-corrected chi connectivity index (χ4v) is 6.63. The van der Waals surface area contributed by atoms with E-state index < -0.39 is 53.4 Å². The van der Waals surface area contributed by atoms with Crippen molar-refractivity contribution >= 4 is 17.7 Å². The highest BCUT2D eigenvalue weighted by molar-refractivity contribution is 5.83. The van der Waals surface area contributed by atoms with Crippen LogP contribution >= 0.6 is 0 Å². The van der Waals surface area contributed by atoms with Gasteiger partial charge in [0.25, 0.3) is 0 Å². The third-order valence-corrected chi connectivity index (χ3v) is 9.05. The Balaban J connectivity index is 1.51. The predicted molar refractivity (Wildman–Crippen MR) is 162 cm³/mol. The number of hydrogen-bond acceptors (Lipinski definition) is 4. The Morgan fingerprint density at radius 1 is 0.872 bits per heavy atom. The molecule has 47 heavy (non-hydrogen) atoms. The normalized spacial score (nSPS) is 19.9. The van der Waals surface area contributed by atoms with Crippen molar-refractivity contribution in [1.82, 2.24) is 14.7 Å². The van der Waals surface area contributed by atoms with E-state index in [0.717, 1.165) is 16.0 Å². The molecule has 13 heteroatoms. The molecule has 2 aliphatic heterocycles. The van der Waals surface area contributed by atoms with Crippen LogP contribution < -0.4 is 0 Å². The molecule has 0 spiro atoms. The standard InChI is InChI=1S/C34H41F6N3O4/c1-21-7-5-6-8-26(21)28-20-43(30(45)23-9-12-42(13-10-23)29(44)18-32(2,3)47)14-11-27(28)31(46)41(4)19-22-15-24(33(35,36)37)17-25(16-22)34(38,39)40/h5-8,15-17,23,27-28,47H,9-14,18-20H2,1-4H3/t27-,28+/m1/s1. The quantitative estimate of drug-likeness (QED) is 0.366. The van der Waals surface area contributed by atoms with E-state index >= 15 is 0 Å². The van der Waals surface area contributed by atoms with E-state index in [1.807, 2.05) is 31.2 Å². The number of benzene rings is 2. The zero-order valence-corrected chi connectivity index (χ0v) is 26.9. The van der Waals surface area contributed by atoms with E-state index in [1.54, 1.807) is 23.6 Å². The molecule has 2 heterocycles. The molecule has 2 aromatic rings. The number of rotatable bonds is 7. The highest BCUT2D eigenvalue weighted by atomic mass is 19.4. The minimum atomic E-state index is -5.00. The van der Waals surface area contributed by atoms with Gasteiger partial charge >= 0.3 is 12.4 Å². The van der Waals surface area contributed by atoms with Gasteiger partial charge in [-0.2, -0.15) is 26.3 Å². The fourth-order valence-electron chi connectivity index (χ4n) is 6.63. The number of hydrogen-bond donors (Lipinski definition) is 1. The topological polar surface area (TPSA) is 81.2 Å². The number of amides is 3. The van der Waals surface area contributed by atoms with Gasteiger partial charge in [-0.3, -0.25) is 14.4 Å². The smallest absolute Gasteiger partial charge is 0.390 e. The van der Waals surface area contributed by atoms with Crippen molar-refractivity contribution in [2.75, 3.05) is 33.2 Å². The van der Waals surface area contributed by atoms with Gasteiger partial charge in [0.05, 0.1) is 23.1 Å². The van der Waals surface area contributed by atoms with Crippen LogP contribution in [0.15, 0.2) is 42.5 Å². The lowest BCUT2D eigenvalue weighted by atomic mass is 9.77. The Morgan fingerprint density at radius 3 is 1.96 bits per heavy atom. The number of carbonyl (C=O) groups excluding carboxylic acids is 3. The van der Waals surface area contributed by atoms with Crippen LogP contribution in [0.2, 0.25) is 0 Å². The van der Waals surface area contributed by atoms with Gasteiger partial charge < -0.3 is 19.8 Å². The van der Waals surface area contributed by atoms with Crippen LogP contribution in [0, 0.1) is 18.8 Å². The van der Waals surface area contributed by atoms with Crippen molar-refractivity contribution in [3.8, 4) is 0 Å². The fraction of sp³-hybridized carbons (Fsp3) is 0.559. The molecular formula is C34H41F6N3O4. The lowest BCUT2D eigenvalue weighted by molar-refractivity contribution is -0.146. The molecular weight excluding hydrogens is 628 g/mol. The number of halogens is 6.